The van der Waals surface area contributed by atoms with E-state index >= 15 is 0 Å². The van der Waals surface area contributed by atoms with Crippen molar-refractivity contribution in [3.63, 3.8) is 0 Å². The number of nitrogens with zero attached hydrogens (tertiary/aromatic N) is 5. The molecule has 0 radical (unpaired) electrons. The van der Waals surface area contributed by atoms with Gasteiger partial charge in [0.25, 0.3) is 0 Å². The molecule has 162 valence electrons. The van der Waals surface area contributed by atoms with Crippen molar-refractivity contribution >= 4 is 56.0 Å². The van der Waals surface area contributed by atoms with Gasteiger partial charge in [-0.3, -0.25) is 9.36 Å². The van der Waals surface area contributed by atoms with Crippen LogP contribution in [0.5, 0.6) is 0 Å². The van der Waals surface area contributed by atoms with E-state index in [1.54, 1.807) is 17.7 Å². The second-order valence-electron chi connectivity index (χ2n) is 7.42. The second-order valence-corrected chi connectivity index (χ2v) is 8.98. The molecule has 0 aliphatic heterocycles. The first kappa shape index (κ1) is 20.7. The number of aromatic nitrogens is 5. The van der Waals surface area contributed by atoms with Gasteiger partial charge in [0.2, 0.25) is 5.95 Å². The first-order valence-corrected chi connectivity index (χ1v) is 11.6. The summed E-state index contributed by atoms with van der Waals surface area (Å²) in [6, 6.07) is 13.6. The van der Waals surface area contributed by atoms with Crippen molar-refractivity contribution in [2.24, 2.45) is 0 Å². The van der Waals surface area contributed by atoms with Crippen LogP contribution in [0, 0.1) is 0 Å². The number of hydrogen-bond donors (Lipinski definition) is 1. The lowest BCUT2D eigenvalue weighted by atomic mass is 10.2. The third kappa shape index (κ3) is 3.76. The molecule has 0 unspecified atom stereocenters. The Bertz CT molecular complexity index is 1480. The average Bonchev–Trinajstić information content (AvgIpc) is 3.41. The number of imidazole rings is 1. The Morgan fingerprint density at radius 3 is 2.66 bits per heavy atom. The van der Waals surface area contributed by atoms with Crippen LogP contribution in [0.3, 0.4) is 0 Å². The molecule has 3 heterocycles. The monoisotopic (exact) mass is 464 g/mol. The molecule has 7 nitrogen and oxygen atoms in total. The Morgan fingerprint density at radius 1 is 1.09 bits per heavy atom. The highest BCUT2D eigenvalue weighted by Crippen LogP contribution is 2.27. The lowest BCUT2D eigenvalue weighted by Crippen LogP contribution is -2.20. The van der Waals surface area contributed by atoms with Crippen molar-refractivity contribution in [2.45, 2.75) is 33.4 Å². The minimum absolute atomic E-state index is 0.304. The fraction of sp³-hybridized carbons (Fsp3) is 0.217. The van der Waals surface area contributed by atoms with Crippen molar-refractivity contribution in [1.82, 2.24) is 24.1 Å². The average molecular weight is 465 g/mol. The molecule has 3 aromatic heterocycles. The molecule has 0 spiro atoms. The van der Waals surface area contributed by atoms with E-state index in [4.69, 9.17) is 11.6 Å². The summed E-state index contributed by atoms with van der Waals surface area (Å²) in [5, 5.41) is 5.11. The van der Waals surface area contributed by atoms with Crippen molar-refractivity contribution in [2.75, 3.05) is 5.32 Å². The summed E-state index contributed by atoms with van der Waals surface area (Å²) in [7, 11) is 0. The zero-order valence-corrected chi connectivity index (χ0v) is 19.2. The predicted molar refractivity (Wildman–Crippen MR) is 130 cm³/mol. The third-order valence-corrected chi connectivity index (χ3v) is 6.74. The van der Waals surface area contributed by atoms with Crippen LogP contribution < -0.4 is 10.9 Å². The zero-order valence-electron chi connectivity index (χ0n) is 17.7. The van der Waals surface area contributed by atoms with E-state index in [1.165, 1.54) is 0 Å². The van der Waals surface area contributed by atoms with Gasteiger partial charge in [-0.05, 0) is 49.2 Å². The van der Waals surface area contributed by atoms with Gasteiger partial charge in [0.1, 0.15) is 0 Å². The van der Waals surface area contributed by atoms with Gasteiger partial charge in [0.05, 0.1) is 28.1 Å². The van der Waals surface area contributed by atoms with Gasteiger partial charge in [-0.15, -0.1) is 11.3 Å². The van der Waals surface area contributed by atoms with Crippen LogP contribution in [-0.4, -0.2) is 24.1 Å². The van der Waals surface area contributed by atoms with Crippen LogP contribution >= 0.6 is 22.9 Å². The summed E-state index contributed by atoms with van der Waals surface area (Å²) >= 11 is 7.73. The van der Waals surface area contributed by atoms with E-state index in [-0.39, 0.29) is 5.56 Å². The molecule has 0 bridgehead atoms. The number of halogens is 1. The van der Waals surface area contributed by atoms with Gasteiger partial charge < -0.3 is 9.88 Å². The Kier molecular flexibility index (Phi) is 5.40. The maximum absolute atomic E-state index is 12.9. The van der Waals surface area contributed by atoms with Gasteiger partial charge in [-0.1, -0.05) is 30.7 Å². The molecule has 0 amide bonds. The molecule has 5 rings (SSSR count). The standard InChI is InChI=1S/C23H21ClN6OS/c1-3-19-27-17-10-9-16(11-18(17)32-19)26-23-28-22(31)20-21(25-13-29(20)4-2)30(23)12-14-5-7-15(24)8-6-14/h5-11,13H,3-4,12H2,1-2H3,(H,26,28,31). The summed E-state index contributed by atoms with van der Waals surface area (Å²) in [5.41, 5.74) is 3.63. The van der Waals surface area contributed by atoms with Crippen molar-refractivity contribution in [1.29, 1.82) is 0 Å². The maximum Gasteiger partial charge on any atom is 0.300 e. The molecule has 5 aromatic rings. The summed E-state index contributed by atoms with van der Waals surface area (Å²) in [4.78, 5) is 26.4. The molecule has 9 heteroatoms. The molecular formula is C23H21ClN6OS. The zero-order chi connectivity index (χ0) is 22.2. The number of thiazole rings is 1. The highest BCUT2D eigenvalue weighted by atomic mass is 35.5. The number of hydrogen-bond acceptors (Lipinski definition) is 6. The van der Waals surface area contributed by atoms with E-state index in [0.717, 1.165) is 32.9 Å². The molecular weight excluding hydrogens is 444 g/mol. The number of benzene rings is 2. The Hall–Kier alpha value is -3.23. The first-order valence-electron chi connectivity index (χ1n) is 10.4. The predicted octanol–water partition coefficient (Wildman–Crippen LogP) is 5.23. The highest BCUT2D eigenvalue weighted by Gasteiger charge is 2.16. The van der Waals surface area contributed by atoms with Gasteiger partial charge in [-0.25, -0.2) is 9.97 Å². The van der Waals surface area contributed by atoms with Gasteiger partial charge in [-0.2, -0.15) is 4.98 Å². The Labute approximate surface area is 193 Å². The molecule has 0 aliphatic carbocycles. The van der Waals surface area contributed by atoms with Crippen LogP contribution in [0.2, 0.25) is 5.02 Å². The lowest BCUT2D eigenvalue weighted by molar-refractivity contribution is 0.776. The van der Waals surface area contributed by atoms with Gasteiger partial charge in [0, 0.05) is 17.3 Å². The minimum atomic E-state index is -0.304. The number of rotatable bonds is 6. The molecule has 1 N–H and O–H groups in total. The number of fused-ring (bicyclic) bond motifs is 2. The summed E-state index contributed by atoms with van der Waals surface area (Å²) in [6.45, 7) is 5.21. The van der Waals surface area contributed by atoms with Crippen molar-refractivity contribution in [3.8, 4) is 0 Å². The molecule has 0 saturated heterocycles. The molecule has 0 fully saturated rings. The molecule has 32 heavy (non-hydrogen) atoms. The maximum atomic E-state index is 12.9. The topological polar surface area (TPSA) is 77.6 Å². The Morgan fingerprint density at radius 2 is 1.91 bits per heavy atom. The van der Waals surface area contributed by atoms with E-state index in [0.29, 0.717) is 35.2 Å². The van der Waals surface area contributed by atoms with Crippen LogP contribution in [0.25, 0.3) is 21.4 Å². The number of aryl methyl sites for hydroxylation is 2. The van der Waals surface area contributed by atoms with E-state index in [2.05, 4.69) is 27.2 Å². The molecule has 0 saturated carbocycles. The van der Waals surface area contributed by atoms with Crippen molar-refractivity contribution in [3.05, 3.63) is 74.7 Å². The largest absolute Gasteiger partial charge is 0.325 e. The van der Waals surface area contributed by atoms with E-state index in [1.807, 2.05) is 58.5 Å². The smallest absolute Gasteiger partial charge is 0.300 e. The van der Waals surface area contributed by atoms with Gasteiger partial charge >= 0.3 is 5.56 Å². The fourth-order valence-electron chi connectivity index (χ4n) is 3.69. The summed E-state index contributed by atoms with van der Waals surface area (Å²) in [6.07, 6.45) is 2.59. The fourth-order valence-corrected chi connectivity index (χ4v) is 4.76. The SMILES string of the molecule is CCc1nc2ccc(Nc3nc(=O)c4c(ncn4CC)n3Cc3ccc(Cl)cc3)cc2s1. The molecule has 0 atom stereocenters. The second kappa shape index (κ2) is 8.37. The minimum Gasteiger partial charge on any atom is -0.325 e. The van der Waals surface area contributed by atoms with Crippen LogP contribution in [0.1, 0.15) is 24.4 Å². The highest BCUT2D eigenvalue weighted by molar-refractivity contribution is 7.18. The molecule has 0 aliphatic rings. The quantitative estimate of drug-likeness (QED) is 0.372. The normalized spacial score (nSPS) is 11.5. The summed E-state index contributed by atoms with van der Waals surface area (Å²) < 4.78 is 4.85. The van der Waals surface area contributed by atoms with Crippen LogP contribution in [-0.2, 0) is 19.5 Å². The van der Waals surface area contributed by atoms with Gasteiger partial charge in [0.15, 0.2) is 11.2 Å². The lowest BCUT2D eigenvalue weighted by Gasteiger charge is -2.15. The van der Waals surface area contributed by atoms with E-state index in [9.17, 15) is 4.79 Å². The third-order valence-electron chi connectivity index (χ3n) is 5.33. The molecule has 2 aromatic carbocycles. The van der Waals surface area contributed by atoms with Crippen molar-refractivity contribution < 1.29 is 0 Å². The number of anilines is 2. The Balaban J connectivity index is 1.62. The first-order chi connectivity index (χ1) is 15.6. The van der Waals surface area contributed by atoms with E-state index < -0.39 is 0 Å². The van der Waals surface area contributed by atoms with Crippen LogP contribution in [0.4, 0.5) is 11.6 Å². The summed E-state index contributed by atoms with van der Waals surface area (Å²) in [5.74, 6) is 0.443. The number of nitrogens with one attached hydrogen (secondary N) is 1. The van der Waals surface area contributed by atoms with Crippen LogP contribution in [0.15, 0.2) is 53.6 Å².